The summed E-state index contributed by atoms with van der Waals surface area (Å²) in [5.74, 6) is 0.577. The molecule has 5 nitrogen and oxygen atoms in total. The predicted molar refractivity (Wildman–Crippen MR) is 83.4 cm³/mol. The predicted octanol–water partition coefficient (Wildman–Crippen LogP) is 3.17. The van der Waals surface area contributed by atoms with Crippen molar-refractivity contribution in [3.05, 3.63) is 34.6 Å². The molecule has 1 aromatic heterocycles. The van der Waals surface area contributed by atoms with E-state index in [-0.39, 0.29) is 5.28 Å². The minimum Gasteiger partial charge on any atom is -0.378 e. The third-order valence-electron chi connectivity index (χ3n) is 2.91. The van der Waals surface area contributed by atoms with E-state index in [2.05, 4.69) is 15.0 Å². The Morgan fingerprint density at radius 1 is 1.05 bits per heavy atom. The molecule has 1 aromatic carbocycles. The van der Waals surface area contributed by atoms with E-state index in [0.717, 1.165) is 18.0 Å². The summed E-state index contributed by atoms with van der Waals surface area (Å²) in [5, 5.41) is 1.37. The Labute approximate surface area is 136 Å². The molecule has 0 saturated carbocycles. The molecule has 0 bridgehead atoms. The van der Waals surface area contributed by atoms with E-state index in [9.17, 15) is 0 Å². The molecule has 0 amide bonds. The van der Waals surface area contributed by atoms with Crippen LogP contribution in [0.2, 0.25) is 10.3 Å². The van der Waals surface area contributed by atoms with Gasteiger partial charge in [0.15, 0.2) is 5.16 Å². The molecule has 0 radical (unpaired) electrons. The SMILES string of the molecule is Clc1nc(Sc2ccccc2Cl)nc(N2CCOCC2)n1. The maximum atomic E-state index is 6.15. The topological polar surface area (TPSA) is 51.1 Å². The van der Waals surface area contributed by atoms with E-state index in [1.165, 1.54) is 11.8 Å². The first-order valence-electron chi connectivity index (χ1n) is 6.39. The second-order valence-electron chi connectivity index (χ2n) is 4.32. The molecule has 0 unspecified atom stereocenters. The lowest BCUT2D eigenvalue weighted by molar-refractivity contribution is 0.122. The molecular weight excluding hydrogens is 331 g/mol. The Morgan fingerprint density at radius 3 is 2.57 bits per heavy atom. The molecule has 0 aliphatic carbocycles. The Balaban J connectivity index is 1.85. The van der Waals surface area contributed by atoms with Gasteiger partial charge in [0.25, 0.3) is 0 Å². The van der Waals surface area contributed by atoms with E-state index < -0.39 is 0 Å². The highest BCUT2D eigenvalue weighted by molar-refractivity contribution is 7.99. The molecule has 1 fully saturated rings. The van der Waals surface area contributed by atoms with Crippen LogP contribution in [0.1, 0.15) is 0 Å². The highest BCUT2D eigenvalue weighted by Gasteiger charge is 2.16. The van der Waals surface area contributed by atoms with Crippen molar-refractivity contribution >= 4 is 40.9 Å². The van der Waals surface area contributed by atoms with Crippen LogP contribution in [-0.2, 0) is 4.74 Å². The van der Waals surface area contributed by atoms with Gasteiger partial charge in [0.2, 0.25) is 11.2 Å². The summed E-state index contributed by atoms with van der Waals surface area (Å²) >= 11 is 13.5. The first-order chi connectivity index (χ1) is 10.2. The van der Waals surface area contributed by atoms with E-state index in [1.54, 1.807) is 0 Å². The molecule has 2 aromatic rings. The summed E-state index contributed by atoms with van der Waals surface area (Å²) in [6.07, 6.45) is 0. The van der Waals surface area contributed by atoms with E-state index in [0.29, 0.717) is 29.3 Å². The average Bonchev–Trinajstić information content (AvgIpc) is 2.50. The second kappa shape index (κ2) is 6.79. The zero-order valence-electron chi connectivity index (χ0n) is 11.0. The number of aromatic nitrogens is 3. The van der Waals surface area contributed by atoms with Gasteiger partial charge >= 0.3 is 0 Å². The molecule has 8 heteroatoms. The molecule has 110 valence electrons. The lowest BCUT2D eigenvalue weighted by atomic mass is 10.4. The zero-order valence-corrected chi connectivity index (χ0v) is 13.3. The summed E-state index contributed by atoms with van der Waals surface area (Å²) in [4.78, 5) is 15.7. The van der Waals surface area contributed by atoms with Gasteiger partial charge in [0.1, 0.15) is 0 Å². The average molecular weight is 343 g/mol. The Bertz CT molecular complexity index is 637. The molecule has 0 spiro atoms. The van der Waals surface area contributed by atoms with Crippen molar-refractivity contribution in [2.24, 2.45) is 0 Å². The van der Waals surface area contributed by atoms with Gasteiger partial charge in [0.05, 0.1) is 18.2 Å². The highest BCUT2D eigenvalue weighted by Crippen LogP contribution is 2.32. The fourth-order valence-electron chi connectivity index (χ4n) is 1.90. The van der Waals surface area contributed by atoms with Gasteiger partial charge in [-0.05, 0) is 35.5 Å². The van der Waals surface area contributed by atoms with E-state index in [4.69, 9.17) is 27.9 Å². The van der Waals surface area contributed by atoms with Crippen LogP contribution in [0, 0.1) is 0 Å². The van der Waals surface area contributed by atoms with Gasteiger partial charge in [-0.25, -0.2) is 0 Å². The van der Waals surface area contributed by atoms with Crippen LogP contribution in [0.3, 0.4) is 0 Å². The minimum absolute atomic E-state index is 0.182. The molecular formula is C13H12Cl2N4OS. The summed E-state index contributed by atoms with van der Waals surface area (Å²) in [6, 6.07) is 7.54. The van der Waals surface area contributed by atoms with Crippen molar-refractivity contribution in [1.29, 1.82) is 0 Å². The molecule has 0 atom stereocenters. The third kappa shape index (κ3) is 3.77. The van der Waals surface area contributed by atoms with Crippen LogP contribution in [0.15, 0.2) is 34.3 Å². The summed E-state index contributed by atoms with van der Waals surface area (Å²) in [6.45, 7) is 2.82. The summed E-state index contributed by atoms with van der Waals surface area (Å²) in [7, 11) is 0. The fourth-order valence-corrected chi connectivity index (χ4v) is 3.12. The third-order valence-corrected chi connectivity index (χ3v) is 4.46. The number of hydrogen-bond acceptors (Lipinski definition) is 6. The summed E-state index contributed by atoms with van der Waals surface area (Å²) in [5.41, 5.74) is 0. The van der Waals surface area contributed by atoms with E-state index in [1.807, 2.05) is 29.2 Å². The normalized spacial score (nSPS) is 15.2. The maximum absolute atomic E-state index is 6.15. The number of anilines is 1. The molecule has 0 N–H and O–H groups in total. The molecule has 2 heterocycles. The van der Waals surface area contributed by atoms with Crippen molar-refractivity contribution < 1.29 is 4.74 Å². The largest absolute Gasteiger partial charge is 0.378 e. The highest BCUT2D eigenvalue weighted by atomic mass is 35.5. The van der Waals surface area contributed by atoms with Crippen molar-refractivity contribution in [1.82, 2.24) is 15.0 Å². The lowest BCUT2D eigenvalue weighted by Gasteiger charge is -2.26. The first kappa shape index (κ1) is 14.8. The second-order valence-corrected chi connectivity index (χ2v) is 6.07. The molecule has 1 saturated heterocycles. The van der Waals surface area contributed by atoms with Gasteiger partial charge in [-0.1, -0.05) is 23.7 Å². The Morgan fingerprint density at radius 2 is 1.81 bits per heavy atom. The lowest BCUT2D eigenvalue weighted by Crippen LogP contribution is -2.37. The zero-order chi connectivity index (χ0) is 14.7. The maximum Gasteiger partial charge on any atom is 0.230 e. The number of ether oxygens (including phenoxy) is 1. The van der Waals surface area contributed by atoms with E-state index >= 15 is 0 Å². The number of halogens is 2. The number of hydrogen-bond donors (Lipinski definition) is 0. The number of morpholine rings is 1. The molecule has 1 aliphatic heterocycles. The molecule has 3 rings (SSSR count). The number of rotatable bonds is 3. The molecule has 1 aliphatic rings. The molecule has 21 heavy (non-hydrogen) atoms. The van der Waals surface area contributed by atoms with Crippen molar-refractivity contribution in [3.63, 3.8) is 0 Å². The van der Waals surface area contributed by atoms with Crippen LogP contribution < -0.4 is 4.90 Å². The smallest absolute Gasteiger partial charge is 0.230 e. The minimum atomic E-state index is 0.182. The van der Waals surface area contributed by atoms with Crippen LogP contribution in [0.4, 0.5) is 5.95 Å². The number of nitrogens with zero attached hydrogens (tertiary/aromatic N) is 4. The Hall–Kier alpha value is -1.08. The van der Waals surface area contributed by atoms with Crippen molar-refractivity contribution in [3.8, 4) is 0 Å². The van der Waals surface area contributed by atoms with Crippen molar-refractivity contribution in [2.45, 2.75) is 10.1 Å². The van der Waals surface area contributed by atoms with Crippen LogP contribution in [0.25, 0.3) is 0 Å². The van der Waals surface area contributed by atoms with Crippen LogP contribution >= 0.6 is 35.0 Å². The number of benzene rings is 1. The first-order valence-corrected chi connectivity index (χ1v) is 7.96. The Kier molecular flexibility index (Phi) is 4.80. The summed E-state index contributed by atoms with van der Waals surface area (Å²) < 4.78 is 5.32. The fraction of sp³-hybridized carbons (Fsp3) is 0.308. The van der Waals surface area contributed by atoms with Gasteiger partial charge in [-0.2, -0.15) is 15.0 Å². The van der Waals surface area contributed by atoms with Gasteiger partial charge < -0.3 is 9.64 Å². The standard InChI is InChI=1S/C13H12Cl2N4OS/c14-9-3-1-2-4-10(9)21-13-17-11(15)16-12(18-13)19-5-7-20-8-6-19/h1-4H,5-8H2. The van der Waals surface area contributed by atoms with Crippen LogP contribution in [0.5, 0.6) is 0 Å². The quantitative estimate of drug-likeness (QED) is 0.853. The van der Waals surface area contributed by atoms with Gasteiger partial charge in [-0.3, -0.25) is 0 Å². The van der Waals surface area contributed by atoms with Gasteiger partial charge in [-0.15, -0.1) is 0 Å². The van der Waals surface area contributed by atoms with Gasteiger partial charge in [0, 0.05) is 18.0 Å². The van der Waals surface area contributed by atoms with Crippen molar-refractivity contribution in [2.75, 3.05) is 31.2 Å². The van der Waals surface area contributed by atoms with Crippen LogP contribution in [-0.4, -0.2) is 41.3 Å². The monoisotopic (exact) mass is 342 g/mol.